The molecule has 116 valence electrons. The zero-order chi connectivity index (χ0) is 15.8. The van der Waals surface area contributed by atoms with Gasteiger partial charge in [-0.3, -0.25) is 4.79 Å². The van der Waals surface area contributed by atoms with Gasteiger partial charge in [-0.25, -0.2) is 4.68 Å². The van der Waals surface area contributed by atoms with Crippen LogP contribution in [0.5, 0.6) is 5.75 Å². The number of rotatable bonds is 7. The molecule has 1 N–H and O–H groups in total. The highest BCUT2D eigenvalue weighted by molar-refractivity contribution is 6.01. The van der Waals surface area contributed by atoms with Crippen LogP contribution in [0.1, 0.15) is 25.3 Å². The van der Waals surface area contributed by atoms with Gasteiger partial charge in [0.2, 0.25) is 5.91 Å². The van der Waals surface area contributed by atoms with Gasteiger partial charge in [-0.05, 0) is 30.2 Å². The normalized spacial score (nSPS) is 10.8. The Morgan fingerprint density at radius 2 is 2.27 bits per heavy atom. The van der Waals surface area contributed by atoms with E-state index in [1.807, 2.05) is 24.3 Å². The number of carbonyl (C=O) groups is 1. The molecule has 0 spiro atoms. The molecule has 5 heteroatoms. The first-order valence-electron chi connectivity index (χ1n) is 7.38. The van der Waals surface area contributed by atoms with E-state index in [0.29, 0.717) is 5.82 Å². The minimum absolute atomic E-state index is 0.180. The van der Waals surface area contributed by atoms with Gasteiger partial charge in [0.1, 0.15) is 11.6 Å². The second kappa shape index (κ2) is 8.02. The molecule has 2 aromatic rings. The number of nitrogens with one attached hydrogen (secondary N) is 1. The molecule has 0 bridgehead atoms. The minimum atomic E-state index is -0.180. The van der Waals surface area contributed by atoms with Gasteiger partial charge >= 0.3 is 0 Å². The van der Waals surface area contributed by atoms with Crippen molar-refractivity contribution in [3.8, 4) is 5.75 Å². The maximum Gasteiger partial charge on any atom is 0.249 e. The van der Waals surface area contributed by atoms with Gasteiger partial charge in [-0.1, -0.05) is 25.5 Å². The van der Waals surface area contributed by atoms with Crippen LogP contribution in [0.3, 0.4) is 0 Å². The first kappa shape index (κ1) is 15.8. The number of aromatic nitrogens is 2. The Morgan fingerprint density at radius 1 is 1.41 bits per heavy atom. The monoisotopic (exact) mass is 299 g/mol. The fraction of sp³-hybridized carbons (Fsp3) is 0.294. The second-order valence-electron chi connectivity index (χ2n) is 4.89. The number of hydrogen-bond acceptors (Lipinski definition) is 3. The van der Waals surface area contributed by atoms with Crippen LogP contribution in [0.2, 0.25) is 0 Å². The molecule has 1 aromatic heterocycles. The maximum absolute atomic E-state index is 12.0. The number of benzene rings is 1. The van der Waals surface area contributed by atoms with E-state index in [1.54, 1.807) is 30.1 Å². The fourth-order valence-corrected chi connectivity index (χ4v) is 2.01. The molecule has 1 amide bonds. The lowest BCUT2D eigenvalue weighted by molar-refractivity contribution is -0.111. The number of anilines is 1. The Labute approximate surface area is 130 Å². The van der Waals surface area contributed by atoms with Crippen LogP contribution >= 0.6 is 0 Å². The fourth-order valence-electron chi connectivity index (χ4n) is 2.01. The zero-order valence-electron chi connectivity index (χ0n) is 13.0. The summed E-state index contributed by atoms with van der Waals surface area (Å²) in [4.78, 5) is 12.0. The first-order chi connectivity index (χ1) is 10.7. The van der Waals surface area contributed by atoms with Gasteiger partial charge in [0.05, 0.1) is 13.3 Å². The van der Waals surface area contributed by atoms with E-state index < -0.39 is 0 Å². The molecule has 1 heterocycles. The van der Waals surface area contributed by atoms with Crippen LogP contribution in [0.25, 0.3) is 6.08 Å². The summed E-state index contributed by atoms with van der Waals surface area (Å²) in [6.07, 6.45) is 7.07. The number of amides is 1. The third-order valence-corrected chi connectivity index (χ3v) is 3.21. The Hall–Kier alpha value is -2.56. The molecule has 2 rings (SSSR count). The summed E-state index contributed by atoms with van der Waals surface area (Å²) in [6.45, 7) is 2.93. The number of methoxy groups -OCH3 is 1. The van der Waals surface area contributed by atoms with Crippen molar-refractivity contribution in [2.75, 3.05) is 12.4 Å². The number of hydrogen-bond donors (Lipinski definition) is 1. The smallest absolute Gasteiger partial charge is 0.249 e. The molecule has 0 saturated carbocycles. The first-order valence-corrected chi connectivity index (χ1v) is 7.38. The number of ether oxygens (including phenoxy) is 1. The third-order valence-electron chi connectivity index (χ3n) is 3.21. The maximum atomic E-state index is 12.0. The standard InChI is InChI=1S/C17H21N3O2/c1-3-4-12-20-16(10-11-18-20)19-17(21)9-8-14-6-5-7-15(13-14)22-2/h5-11,13H,3-4,12H2,1-2H3,(H,19,21)/b9-8+. The van der Waals surface area contributed by atoms with Crippen molar-refractivity contribution >= 4 is 17.8 Å². The molecule has 0 atom stereocenters. The number of unbranched alkanes of at least 4 members (excludes halogenated alkanes) is 1. The molecule has 5 nitrogen and oxygen atoms in total. The van der Waals surface area contributed by atoms with E-state index in [-0.39, 0.29) is 5.91 Å². The van der Waals surface area contributed by atoms with Crippen LogP contribution in [-0.4, -0.2) is 22.8 Å². The highest BCUT2D eigenvalue weighted by Gasteiger charge is 2.04. The topological polar surface area (TPSA) is 56.2 Å². The summed E-state index contributed by atoms with van der Waals surface area (Å²) in [5.41, 5.74) is 0.911. The van der Waals surface area contributed by atoms with Crippen molar-refractivity contribution in [1.82, 2.24) is 9.78 Å². The molecule has 22 heavy (non-hydrogen) atoms. The van der Waals surface area contributed by atoms with Crippen molar-refractivity contribution in [3.05, 3.63) is 48.2 Å². The number of aryl methyl sites for hydroxylation is 1. The van der Waals surface area contributed by atoms with E-state index in [9.17, 15) is 4.79 Å². The van der Waals surface area contributed by atoms with Gasteiger partial charge in [0.15, 0.2) is 0 Å². The highest BCUT2D eigenvalue weighted by atomic mass is 16.5. The molecule has 0 aliphatic heterocycles. The molecule has 0 aliphatic carbocycles. The molecule has 0 fully saturated rings. The Balaban J connectivity index is 1.97. The second-order valence-corrected chi connectivity index (χ2v) is 4.89. The summed E-state index contributed by atoms with van der Waals surface area (Å²) in [7, 11) is 1.62. The summed E-state index contributed by atoms with van der Waals surface area (Å²) in [6, 6.07) is 9.33. The van der Waals surface area contributed by atoms with Crippen LogP contribution in [0.15, 0.2) is 42.6 Å². The Kier molecular flexibility index (Phi) is 5.77. The van der Waals surface area contributed by atoms with Crippen molar-refractivity contribution in [2.24, 2.45) is 0 Å². The van der Waals surface area contributed by atoms with Gasteiger partial charge in [-0.2, -0.15) is 5.10 Å². The average Bonchev–Trinajstić information content (AvgIpc) is 2.98. The lowest BCUT2D eigenvalue weighted by Gasteiger charge is -2.06. The Bertz CT molecular complexity index is 647. The average molecular weight is 299 g/mol. The SMILES string of the molecule is CCCCn1nccc1NC(=O)/C=C/c1cccc(OC)c1. The van der Waals surface area contributed by atoms with Gasteiger partial charge in [-0.15, -0.1) is 0 Å². The van der Waals surface area contributed by atoms with Crippen molar-refractivity contribution in [3.63, 3.8) is 0 Å². The summed E-state index contributed by atoms with van der Waals surface area (Å²) in [5, 5.41) is 7.05. The summed E-state index contributed by atoms with van der Waals surface area (Å²) in [5.74, 6) is 1.30. The van der Waals surface area contributed by atoms with Gasteiger partial charge in [0.25, 0.3) is 0 Å². The highest BCUT2D eigenvalue weighted by Crippen LogP contribution is 2.14. The minimum Gasteiger partial charge on any atom is -0.497 e. The van der Waals surface area contributed by atoms with E-state index in [2.05, 4.69) is 17.3 Å². The van der Waals surface area contributed by atoms with Crippen molar-refractivity contribution < 1.29 is 9.53 Å². The molecule has 1 aromatic carbocycles. The largest absolute Gasteiger partial charge is 0.497 e. The molecule has 0 radical (unpaired) electrons. The van der Waals surface area contributed by atoms with E-state index in [4.69, 9.17) is 4.74 Å². The lowest BCUT2D eigenvalue weighted by atomic mass is 10.2. The Morgan fingerprint density at radius 3 is 3.05 bits per heavy atom. The van der Waals surface area contributed by atoms with Gasteiger partial charge < -0.3 is 10.1 Å². The van der Waals surface area contributed by atoms with Crippen LogP contribution in [0, 0.1) is 0 Å². The molecular weight excluding hydrogens is 278 g/mol. The van der Waals surface area contributed by atoms with E-state index in [0.717, 1.165) is 30.7 Å². The third kappa shape index (κ3) is 4.48. The molecule has 0 saturated heterocycles. The van der Waals surface area contributed by atoms with E-state index >= 15 is 0 Å². The lowest BCUT2D eigenvalue weighted by Crippen LogP contribution is -2.13. The quantitative estimate of drug-likeness (QED) is 0.798. The number of carbonyl (C=O) groups excluding carboxylic acids is 1. The molecule has 0 aliphatic rings. The van der Waals surface area contributed by atoms with Crippen molar-refractivity contribution in [2.45, 2.75) is 26.3 Å². The summed E-state index contributed by atoms with van der Waals surface area (Å²) < 4.78 is 6.96. The number of nitrogens with zero attached hydrogens (tertiary/aromatic N) is 2. The molecule has 0 unspecified atom stereocenters. The van der Waals surface area contributed by atoms with Crippen LogP contribution in [0.4, 0.5) is 5.82 Å². The van der Waals surface area contributed by atoms with Crippen molar-refractivity contribution in [1.29, 1.82) is 0 Å². The summed E-state index contributed by atoms with van der Waals surface area (Å²) >= 11 is 0. The zero-order valence-corrected chi connectivity index (χ0v) is 13.0. The predicted molar refractivity (Wildman–Crippen MR) is 87.8 cm³/mol. The van der Waals surface area contributed by atoms with E-state index in [1.165, 1.54) is 6.08 Å². The van der Waals surface area contributed by atoms with Gasteiger partial charge in [0, 0.05) is 18.7 Å². The predicted octanol–water partition coefficient (Wildman–Crippen LogP) is 3.34. The van der Waals surface area contributed by atoms with Crippen LogP contribution in [-0.2, 0) is 11.3 Å². The van der Waals surface area contributed by atoms with Crippen LogP contribution < -0.4 is 10.1 Å². The molecular formula is C17H21N3O2.